The van der Waals surface area contributed by atoms with Crippen molar-refractivity contribution in [2.24, 2.45) is 5.92 Å². The van der Waals surface area contributed by atoms with Gasteiger partial charge in [-0.15, -0.1) is 0 Å². The Balaban J connectivity index is 1.40. The molecule has 0 spiro atoms. The molecule has 2 unspecified atom stereocenters. The standard InChI is InChI=1S/C27H25NO3/c1-2-27(31-22-12-10-21(11-13-22)28(29)30)20-9-14-24-19(17-20)8-16-25-23-6-4-3-5-18(23)7-15-26(24)25/h3-8,10-13,15-16,20,27H,2,9,14,17H2,1H3. The van der Waals surface area contributed by atoms with Crippen molar-refractivity contribution in [3.8, 4) is 5.75 Å². The summed E-state index contributed by atoms with van der Waals surface area (Å²) >= 11 is 0. The molecule has 0 aliphatic heterocycles. The molecule has 0 radical (unpaired) electrons. The highest BCUT2D eigenvalue weighted by Crippen LogP contribution is 2.37. The highest BCUT2D eigenvalue weighted by molar-refractivity contribution is 6.08. The second-order valence-corrected chi connectivity index (χ2v) is 8.40. The minimum absolute atomic E-state index is 0.0893. The van der Waals surface area contributed by atoms with Gasteiger partial charge in [-0.1, -0.05) is 55.5 Å². The first-order chi connectivity index (χ1) is 15.1. The molecule has 4 aromatic carbocycles. The van der Waals surface area contributed by atoms with E-state index in [0.29, 0.717) is 11.7 Å². The zero-order chi connectivity index (χ0) is 21.4. The molecule has 4 nitrogen and oxygen atoms in total. The Morgan fingerprint density at radius 3 is 2.52 bits per heavy atom. The van der Waals surface area contributed by atoms with E-state index in [0.717, 1.165) is 25.7 Å². The number of fused-ring (bicyclic) bond motifs is 5. The summed E-state index contributed by atoms with van der Waals surface area (Å²) in [7, 11) is 0. The van der Waals surface area contributed by atoms with E-state index in [-0.39, 0.29) is 16.7 Å². The highest BCUT2D eigenvalue weighted by Gasteiger charge is 2.28. The Labute approximate surface area is 181 Å². The van der Waals surface area contributed by atoms with Gasteiger partial charge in [0, 0.05) is 18.1 Å². The number of non-ortho nitro benzene ring substituents is 1. The molecule has 0 amide bonds. The van der Waals surface area contributed by atoms with Gasteiger partial charge in [0.25, 0.3) is 5.69 Å². The molecule has 0 heterocycles. The Morgan fingerprint density at radius 1 is 0.968 bits per heavy atom. The largest absolute Gasteiger partial charge is 0.490 e. The van der Waals surface area contributed by atoms with Crippen LogP contribution >= 0.6 is 0 Å². The van der Waals surface area contributed by atoms with Crippen LogP contribution < -0.4 is 4.74 Å². The van der Waals surface area contributed by atoms with Crippen LogP contribution in [0.1, 0.15) is 30.9 Å². The number of rotatable bonds is 5. The van der Waals surface area contributed by atoms with E-state index >= 15 is 0 Å². The average molecular weight is 412 g/mol. The SMILES string of the molecule is CCC(Oc1ccc([N+](=O)[O-])cc1)C1CCc2c(ccc3c2ccc2ccccc23)C1. The van der Waals surface area contributed by atoms with Crippen LogP contribution in [0, 0.1) is 16.0 Å². The second kappa shape index (κ2) is 8.03. The van der Waals surface area contributed by atoms with Crippen molar-refractivity contribution >= 4 is 27.2 Å². The van der Waals surface area contributed by atoms with Crippen molar-refractivity contribution in [1.29, 1.82) is 0 Å². The average Bonchev–Trinajstić information content (AvgIpc) is 2.82. The third kappa shape index (κ3) is 3.63. The van der Waals surface area contributed by atoms with Crippen LogP contribution in [0.5, 0.6) is 5.75 Å². The number of nitrogens with zero attached hydrogens (tertiary/aromatic N) is 1. The molecule has 4 heteroatoms. The van der Waals surface area contributed by atoms with Crippen LogP contribution in [-0.4, -0.2) is 11.0 Å². The summed E-state index contributed by atoms with van der Waals surface area (Å²) in [5, 5.41) is 16.2. The van der Waals surface area contributed by atoms with Gasteiger partial charge in [-0.2, -0.15) is 0 Å². The molecule has 0 fully saturated rings. The van der Waals surface area contributed by atoms with Crippen LogP contribution in [0.2, 0.25) is 0 Å². The lowest BCUT2D eigenvalue weighted by molar-refractivity contribution is -0.384. The molecule has 2 atom stereocenters. The van der Waals surface area contributed by atoms with E-state index in [1.807, 2.05) is 0 Å². The number of nitro groups is 1. The first-order valence-electron chi connectivity index (χ1n) is 11.0. The van der Waals surface area contributed by atoms with E-state index in [1.54, 1.807) is 12.1 Å². The minimum Gasteiger partial charge on any atom is -0.490 e. The third-order valence-corrected chi connectivity index (χ3v) is 6.64. The maximum Gasteiger partial charge on any atom is 0.269 e. The summed E-state index contributed by atoms with van der Waals surface area (Å²) in [6.07, 6.45) is 4.15. The fourth-order valence-corrected chi connectivity index (χ4v) is 5.05. The summed E-state index contributed by atoms with van der Waals surface area (Å²) in [6.45, 7) is 2.15. The fraction of sp³-hybridized carbons (Fsp3) is 0.259. The molecule has 0 aromatic heterocycles. The molecule has 0 N–H and O–H groups in total. The van der Waals surface area contributed by atoms with Crippen molar-refractivity contribution in [1.82, 2.24) is 0 Å². The monoisotopic (exact) mass is 411 g/mol. The normalized spacial score (nSPS) is 16.7. The predicted molar refractivity (Wildman–Crippen MR) is 125 cm³/mol. The molecule has 156 valence electrons. The number of hydrogen-bond acceptors (Lipinski definition) is 3. The Bertz CT molecular complexity index is 1260. The number of benzene rings is 4. The predicted octanol–water partition coefficient (Wildman–Crippen LogP) is 6.86. The molecule has 31 heavy (non-hydrogen) atoms. The second-order valence-electron chi connectivity index (χ2n) is 8.40. The van der Waals surface area contributed by atoms with Crippen molar-refractivity contribution in [3.63, 3.8) is 0 Å². The molecule has 5 rings (SSSR count). The van der Waals surface area contributed by atoms with Crippen molar-refractivity contribution in [2.45, 2.75) is 38.7 Å². The molecule has 1 aliphatic rings. The lowest BCUT2D eigenvalue weighted by Gasteiger charge is -2.32. The molecular formula is C27H25NO3. The summed E-state index contributed by atoms with van der Waals surface area (Å²) in [4.78, 5) is 10.5. The van der Waals surface area contributed by atoms with Gasteiger partial charge in [-0.3, -0.25) is 10.1 Å². The van der Waals surface area contributed by atoms with Gasteiger partial charge >= 0.3 is 0 Å². The highest BCUT2D eigenvalue weighted by atomic mass is 16.6. The summed E-state index contributed by atoms with van der Waals surface area (Å²) in [5.74, 6) is 1.14. The number of ether oxygens (including phenoxy) is 1. The van der Waals surface area contributed by atoms with Crippen molar-refractivity contribution < 1.29 is 9.66 Å². The van der Waals surface area contributed by atoms with E-state index in [9.17, 15) is 10.1 Å². The van der Waals surface area contributed by atoms with Crippen molar-refractivity contribution in [2.75, 3.05) is 0 Å². The molecule has 0 bridgehead atoms. The maximum atomic E-state index is 10.9. The molecule has 1 aliphatic carbocycles. The topological polar surface area (TPSA) is 52.4 Å². The van der Waals surface area contributed by atoms with Gasteiger partial charge in [-0.25, -0.2) is 0 Å². The molecule has 0 saturated carbocycles. The van der Waals surface area contributed by atoms with Crippen molar-refractivity contribution in [3.05, 3.63) is 94.0 Å². The van der Waals surface area contributed by atoms with Gasteiger partial charge in [0.2, 0.25) is 0 Å². The van der Waals surface area contributed by atoms with E-state index in [1.165, 1.54) is 44.8 Å². The number of hydrogen-bond donors (Lipinski definition) is 0. The first kappa shape index (κ1) is 19.6. The van der Waals surface area contributed by atoms with Crippen LogP contribution in [-0.2, 0) is 12.8 Å². The van der Waals surface area contributed by atoms with Crippen LogP contribution in [0.15, 0.2) is 72.8 Å². The summed E-state index contributed by atoms with van der Waals surface area (Å²) < 4.78 is 6.28. The quantitative estimate of drug-likeness (QED) is 0.205. The molecule has 0 saturated heterocycles. The number of nitro benzene ring substituents is 1. The van der Waals surface area contributed by atoms with Crippen LogP contribution in [0.3, 0.4) is 0 Å². The zero-order valence-electron chi connectivity index (χ0n) is 17.6. The Kier molecular flexibility index (Phi) is 5.06. The Hall–Kier alpha value is -3.40. The van der Waals surface area contributed by atoms with Gasteiger partial charge in [0.05, 0.1) is 4.92 Å². The van der Waals surface area contributed by atoms with Crippen LogP contribution in [0.4, 0.5) is 5.69 Å². The lowest BCUT2D eigenvalue weighted by atomic mass is 9.78. The summed E-state index contributed by atoms with van der Waals surface area (Å²) in [5.41, 5.74) is 2.99. The smallest absolute Gasteiger partial charge is 0.269 e. The first-order valence-corrected chi connectivity index (χ1v) is 11.0. The fourth-order valence-electron chi connectivity index (χ4n) is 5.05. The third-order valence-electron chi connectivity index (χ3n) is 6.64. The van der Waals surface area contributed by atoms with Gasteiger partial charge in [0.1, 0.15) is 11.9 Å². The van der Waals surface area contributed by atoms with E-state index in [2.05, 4.69) is 55.5 Å². The van der Waals surface area contributed by atoms with Gasteiger partial charge < -0.3 is 4.74 Å². The van der Waals surface area contributed by atoms with Gasteiger partial charge in [0.15, 0.2) is 0 Å². The van der Waals surface area contributed by atoms with E-state index < -0.39 is 0 Å². The molecular weight excluding hydrogens is 386 g/mol. The van der Waals surface area contributed by atoms with E-state index in [4.69, 9.17) is 4.74 Å². The van der Waals surface area contributed by atoms with Gasteiger partial charge in [-0.05, 0) is 70.5 Å². The minimum atomic E-state index is -0.382. The maximum absolute atomic E-state index is 10.9. The summed E-state index contributed by atoms with van der Waals surface area (Å²) in [6, 6.07) is 24.1. The zero-order valence-corrected chi connectivity index (χ0v) is 17.6. The Morgan fingerprint density at radius 2 is 1.74 bits per heavy atom. The molecule has 4 aromatic rings. The number of aryl methyl sites for hydroxylation is 1. The lowest BCUT2D eigenvalue weighted by Crippen LogP contribution is -2.31. The van der Waals surface area contributed by atoms with Crippen LogP contribution in [0.25, 0.3) is 21.5 Å².